The number of hydrogen-bond donors (Lipinski definition) is 1. The zero-order chi connectivity index (χ0) is 11.1. The number of rotatable bonds is 2. The molecule has 0 saturated heterocycles. The van der Waals surface area contributed by atoms with E-state index in [4.69, 9.17) is 22.3 Å². The zero-order valence-electron chi connectivity index (χ0n) is 7.37. The highest BCUT2D eigenvalue weighted by molar-refractivity contribution is 8.13. The second-order valence-corrected chi connectivity index (χ2v) is 6.23. The van der Waals surface area contributed by atoms with Gasteiger partial charge in [0.2, 0.25) is 9.05 Å². The van der Waals surface area contributed by atoms with Gasteiger partial charge in [-0.3, -0.25) is 5.10 Å². The van der Waals surface area contributed by atoms with E-state index in [9.17, 15) is 8.42 Å². The highest BCUT2D eigenvalue weighted by Gasteiger charge is 2.09. The second-order valence-electron chi connectivity index (χ2n) is 3.07. The topological polar surface area (TPSA) is 62.8 Å². The number of hydrogen-bond acceptors (Lipinski definition) is 3. The van der Waals surface area contributed by atoms with Gasteiger partial charge < -0.3 is 0 Å². The van der Waals surface area contributed by atoms with Gasteiger partial charge in [-0.2, -0.15) is 5.10 Å². The van der Waals surface area contributed by atoms with Gasteiger partial charge in [-0.05, 0) is 17.7 Å². The first-order valence-corrected chi connectivity index (χ1v) is 6.86. The lowest BCUT2D eigenvalue weighted by atomic mass is 10.2. The van der Waals surface area contributed by atoms with Crippen LogP contribution >= 0.6 is 22.3 Å². The number of aromatic nitrogens is 2. The molecular weight excluding hydrogens is 259 g/mol. The van der Waals surface area contributed by atoms with Crippen LogP contribution in [0.5, 0.6) is 0 Å². The van der Waals surface area contributed by atoms with Gasteiger partial charge in [0, 0.05) is 16.1 Å². The number of aromatic amines is 1. The molecule has 0 aliphatic carbocycles. The van der Waals surface area contributed by atoms with E-state index in [1.54, 1.807) is 18.2 Å². The van der Waals surface area contributed by atoms with Crippen LogP contribution in [0.15, 0.2) is 18.2 Å². The van der Waals surface area contributed by atoms with Crippen molar-refractivity contribution in [3.8, 4) is 0 Å². The molecule has 0 fully saturated rings. The van der Waals surface area contributed by atoms with Crippen LogP contribution in [0.2, 0.25) is 5.15 Å². The molecule has 7 heteroatoms. The monoisotopic (exact) mass is 264 g/mol. The van der Waals surface area contributed by atoms with Gasteiger partial charge in [0.05, 0.1) is 11.3 Å². The molecule has 15 heavy (non-hydrogen) atoms. The van der Waals surface area contributed by atoms with Gasteiger partial charge in [0.1, 0.15) is 5.15 Å². The van der Waals surface area contributed by atoms with E-state index in [0.29, 0.717) is 21.6 Å². The van der Waals surface area contributed by atoms with E-state index in [2.05, 4.69) is 10.2 Å². The first-order valence-electron chi connectivity index (χ1n) is 4.00. The minimum atomic E-state index is -3.54. The largest absolute Gasteiger partial charge is 0.266 e. The van der Waals surface area contributed by atoms with Crippen LogP contribution in [-0.4, -0.2) is 18.6 Å². The van der Waals surface area contributed by atoms with Crippen molar-refractivity contribution in [2.45, 2.75) is 5.75 Å². The van der Waals surface area contributed by atoms with Crippen molar-refractivity contribution < 1.29 is 8.42 Å². The average molecular weight is 265 g/mol. The number of H-pyrrole nitrogens is 1. The van der Waals surface area contributed by atoms with E-state index in [1.165, 1.54) is 0 Å². The Hall–Kier alpha value is -0.780. The minimum Gasteiger partial charge on any atom is -0.266 e. The van der Waals surface area contributed by atoms with Gasteiger partial charge >= 0.3 is 0 Å². The van der Waals surface area contributed by atoms with E-state index < -0.39 is 9.05 Å². The van der Waals surface area contributed by atoms with Crippen molar-refractivity contribution in [2.24, 2.45) is 0 Å². The molecule has 1 N–H and O–H groups in total. The summed E-state index contributed by atoms with van der Waals surface area (Å²) < 4.78 is 21.7. The molecule has 1 heterocycles. The summed E-state index contributed by atoms with van der Waals surface area (Å²) in [5.74, 6) is -0.216. The number of nitrogens with one attached hydrogen (secondary N) is 1. The van der Waals surface area contributed by atoms with Gasteiger partial charge in [-0.15, -0.1) is 0 Å². The molecule has 0 unspecified atom stereocenters. The molecule has 0 aliphatic rings. The van der Waals surface area contributed by atoms with Gasteiger partial charge in [-0.25, -0.2) is 8.42 Å². The van der Waals surface area contributed by atoms with E-state index in [0.717, 1.165) is 0 Å². The Morgan fingerprint density at radius 3 is 2.80 bits per heavy atom. The summed E-state index contributed by atoms with van der Waals surface area (Å²) >= 11 is 5.82. The Morgan fingerprint density at radius 1 is 1.40 bits per heavy atom. The molecule has 0 saturated carbocycles. The summed E-state index contributed by atoms with van der Waals surface area (Å²) in [6, 6.07) is 5.00. The van der Waals surface area contributed by atoms with Crippen LogP contribution in [0.4, 0.5) is 0 Å². The maximum Gasteiger partial charge on any atom is 0.236 e. The summed E-state index contributed by atoms with van der Waals surface area (Å²) in [7, 11) is 1.61. The Kier molecular flexibility index (Phi) is 2.62. The van der Waals surface area contributed by atoms with E-state index in [-0.39, 0.29) is 5.75 Å². The third-order valence-corrected chi connectivity index (χ3v) is 3.20. The maximum absolute atomic E-state index is 10.9. The third-order valence-electron chi connectivity index (χ3n) is 1.91. The molecule has 80 valence electrons. The molecule has 1 aromatic heterocycles. The number of halogens is 2. The summed E-state index contributed by atoms with van der Waals surface area (Å²) in [5.41, 5.74) is 1.27. The smallest absolute Gasteiger partial charge is 0.236 e. The summed E-state index contributed by atoms with van der Waals surface area (Å²) in [6.07, 6.45) is 0. The molecule has 0 atom stereocenters. The zero-order valence-corrected chi connectivity index (χ0v) is 9.70. The van der Waals surface area contributed by atoms with Crippen LogP contribution in [0.1, 0.15) is 5.56 Å². The molecule has 4 nitrogen and oxygen atoms in total. The molecule has 2 rings (SSSR count). The second kappa shape index (κ2) is 3.66. The summed E-state index contributed by atoms with van der Waals surface area (Å²) in [6.45, 7) is 0. The van der Waals surface area contributed by atoms with Crippen LogP contribution in [0, 0.1) is 0 Å². The predicted octanol–water partition coefficient (Wildman–Crippen LogP) is 2.28. The Morgan fingerprint density at radius 2 is 2.13 bits per heavy atom. The molecule has 2 aromatic rings. The lowest BCUT2D eigenvalue weighted by Gasteiger charge is -1.97. The molecular formula is C8H6Cl2N2O2S. The highest BCUT2D eigenvalue weighted by Crippen LogP contribution is 2.22. The fourth-order valence-corrected chi connectivity index (χ4v) is 2.46. The fraction of sp³-hybridized carbons (Fsp3) is 0.125. The van der Waals surface area contributed by atoms with Crippen molar-refractivity contribution >= 4 is 42.2 Å². The van der Waals surface area contributed by atoms with E-state index >= 15 is 0 Å². The Bertz CT molecular complexity index is 606. The average Bonchev–Trinajstić information content (AvgIpc) is 2.45. The van der Waals surface area contributed by atoms with Crippen LogP contribution in [-0.2, 0) is 14.8 Å². The first-order chi connectivity index (χ1) is 6.96. The summed E-state index contributed by atoms with van der Waals surface area (Å²) in [4.78, 5) is 0. The number of nitrogens with zero attached hydrogens (tertiary/aromatic N) is 1. The van der Waals surface area contributed by atoms with Crippen molar-refractivity contribution in [3.05, 3.63) is 28.9 Å². The standard InChI is InChI=1S/C8H6Cl2N2O2S/c9-8-6-3-5(4-15(10,13)14)1-2-7(6)11-12-8/h1-3H,4H2,(H,11,12). The Balaban J connectivity index is 2.51. The molecule has 0 amide bonds. The number of fused-ring (bicyclic) bond motifs is 1. The quantitative estimate of drug-likeness (QED) is 0.847. The van der Waals surface area contributed by atoms with Crippen LogP contribution < -0.4 is 0 Å². The fourth-order valence-electron chi connectivity index (χ4n) is 1.31. The highest BCUT2D eigenvalue weighted by atomic mass is 35.7. The SMILES string of the molecule is O=S(=O)(Cl)Cc1ccc2n[nH]c(Cl)c2c1. The molecule has 0 radical (unpaired) electrons. The lowest BCUT2D eigenvalue weighted by molar-refractivity contribution is 0.609. The third kappa shape index (κ3) is 2.42. The number of benzene rings is 1. The van der Waals surface area contributed by atoms with Gasteiger partial charge in [0.15, 0.2) is 0 Å². The van der Waals surface area contributed by atoms with Crippen molar-refractivity contribution in [3.63, 3.8) is 0 Å². The van der Waals surface area contributed by atoms with Crippen LogP contribution in [0.25, 0.3) is 10.9 Å². The minimum absolute atomic E-state index is 0.216. The van der Waals surface area contributed by atoms with Crippen LogP contribution in [0.3, 0.4) is 0 Å². The van der Waals surface area contributed by atoms with E-state index in [1.807, 2.05) is 0 Å². The molecule has 1 aromatic carbocycles. The normalized spacial score (nSPS) is 12.1. The van der Waals surface area contributed by atoms with Gasteiger partial charge in [-0.1, -0.05) is 17.7 Å². The van der Waals surface area contributed by atoms with Crippen molar-refractivity contribution in [2.75, 3.05) is 0 Å². The predicted molar refractivity (Wildman–Crippen MR) is 59.6 cm³/mol. The Labute approximate surface area is 95.6 Å². The first kappa shape index (κ1) is 10.7. The summed E-state index contributed by atoms with van der Waals surface area (Å²) in [5, 5.41) is 7.59. The molecule has 0 bridgehead atoms. The van der Waals surface area contributed by atoms with Gasteiger partial charge in [0.25, 0.3) is 0 Å². The molecule has 0 spiro atoms. The van der Waals surface area contributed by atoms with Crippen molar-refractivity contribution in [1.82, 2.24) is 10.2 Å². The maximum atomic E-state index is 10.9. The van der Waals surface area contributed by atoms with Crippen molar-refractivity contribution in [1.29, 1.82) is 0 Å². The molecule has 0 aliphatic heterocycles. The lowest BCUT2D eigenvalue weighted by Crippen LogP contribution is -1.94.